The van der Waals surface area contributed by atoms with Crippen molar-refractivity contribution in [3.8, 4) is 34.5 Å². The lowest BCUT2D eigenvalue weighted by atomic mass is 10.2. The van der Waals surface area contributed by atoms with Crippen LogP contribution in [-0.4, -0.2) is 93.5 Å². The fraction of sp³-hybridized carbons (Fsp3) is 0.222. The number of phenolic OH excluding ortho intramolecular Hbond substituents is 6. The third kappa shape index (κ3) is 8.86. The zero-order valence-corrected chi connectivity index (χ0v) is 20.1. The van der Waals surface area contributed by atoms with E-state index in [9.17, 15) is 30.6 Å². The van der Waals surface area contributed by atoms with Crippen LogP contribution in [0, 0.1) is 0 Å². The van der Waals surface area contributed by atoms with Crippen molar-refractivity contribution in [1.82, 2.24) is 4.90 Å². The maximum Gasteiger partial charge on any atom is 0.158 e. The standard InChI is InChI=1S/C27H30N4O6/c32-22-4-1-19(13-25(22)35)16-28-7-10-31(11-8-29-17-20-2-5-23(33)26(36)14-20)12-9-30-18-21-3-6-24(34)27(37)15-21/h1-6,13-18,32-37H,7-12H2. The fourth-order valence-electron chi connectivity index (χ4n) is 3.31. The van der Waals surface area contributed by atoms with Crippen molar-refractivity contribution < 1.29 is 30.6 Å². The predicted octanol–water partition coefficient (Wildman–Crippen LogP) is 2.88. The van der Waals surface area contributed by atoms with Crippen LogP contribution in [0.2, 0.25) is 0 Å². The van der Waals surface area contributed by atoms with Crippen LogP contribution in [0.1, 0.15) is 16.7 Å². The Morgan fingerprint density at radius 1 is 0.459 bits per heavy atom. The molecule has 0 aliphatic carbocycles. The Labute approximate surface area is 214 Å². The van der Waals surface area contributed by atoms with Crippen LogP contribution >= 0.6 is 0 Å². The number of nitrogens with zero attached hydrogens (tertiary/aromatic N) is 4. The van der Waals surface area contributed by atoms with Gasteiger partial charge in [-0.1, -0.05) is 0 Å². The van der Waals surface area contributed by atoms with Crippen molar-refractivity contribution in [2.75, 3.05) is 39.3 Å². The highest BCUT2D eigenvalue weighted by Gasteiger charge is 2.05. The van der Waals surface area contributed by atoms with E-state index in [1.54, 1.807) is 36.8 Å². The molecule has 10 heteroatoms. The normalized spacial score (nSPS) is 11.9. The van der Waals surface area contributed by atoms with E-state index in [1.165, 1.54) is 36.4 Å². The lowest BCUT2D eigenvalue weighted by Crippen LogP contribution is -2.31. The molecule has 3 aromatic carbocycles. The number of phenols is 6. The molecule has 3 aromatic rings. The first-order valence-corrected chi connectivity index (χ1v) is 11.6. The molecule has 0 amide bonds. The summed E-state index contributed by atoms with van der Waals surface area (Å²) in [6.07, 6.45) is 4.88. The highest BCUT2D eigenvalue weighted by Crippen LogP contribution is 2.25. The minimum Gasteiger partial charge on any atom is -0.504 e. The minimum absolute atomic E-state index is 0.186. The highest BCUT2D eigenvalue weighted by molar-refractivity contribution is 5.81. The maximum absolute atomic E-state index is 9.61. The van der Waals surface area contributed by atoms with Gasteiger partial charge in [0.2, 0.25) is 0 Å². The van der Waals surface area contributed by atoms with E-state index in [4.69, 9.17) is 0 Å². The molecule has 10 nitrogen and oxygen atoms in total. The van der Waals surface area contributed by atoms with Gasteiger partial charge in [0.1, 0.15) is 0 Å². The summed E-state index contributed by atoms with van der Waals surface area (Å²) in [6.45, 7) is 3.37. The van der Waals surface area contributed by atoms with Crippen molar-refractivity contribution in [2.24, 2.45) is 15.0 Å². The van der Waals surface area contributed by atoms with Crippen LogP contribution < -0.4 is 0 Å². The molecule has 0 aromatic heterocycles. The first-order valence-electron chi connectivity index (χ1n) is 11.6. The van der Waals surface area contributed by atoms with Gasteiger partial charge in [-0.3, -0.25) is 19.9 Å². The van der Waals surface area contributed by atoms with Gasteiger partial charge in [0, 0.05) is 38.3 Å². The van der Waals surface area contributed by atoms with E-state index < -0.39 is 0 Å². The number of benzene rings is 3. The lowest BCUT2D eigenvalue weighted by molar-refractivity contribution is 0.298. The van der Waals surface area contributed by atoms with Gasteiger partial charge in [-0.05, 0) is 71.3 Å². The predicted molar refractivity (Wildman–Crippen MR) is 143 cm³/mol. The molecule has 6 N–H and O–H groups in total. The number of aliphatic imine (C=N–C) groups is 3. The Morgan fingerprint density at radius 2 is 0.757 bits per heavy atom. The summed E-state index contributed by atoms with van der Waals surface area (Å²) in [5, 5.41) is 57.1. The Morgan fingerprint density at radius 3 is 1.03 bits per heavy atom. The second kappa shape index (κ2) is 13.5. The molecule has 0 fully saturated rings. The SMILES string of the molecule is Oc1ccc(C=NCCN(CCN=Cc2ccc(O)c(O)c2)CCN=Cc2ccc(O)c(O)c2)cc1O. The minimum atomic E-state index is -0.204. The van der Waals surface area contributed by atoms with E-state index in [2.05, 4.69) is 19.9 Å². The van der Waals surface area contributed by atoms with Crippen molar-refractivity contribution in [1.29, 1.82) is 0 Å². The largest absolute Gasteiger partial charge is 0.504 e. The quantitative estimate of drug-likeness (QED) is 0.163. The molecule has 0 bridgehead atoms. The Hall–Kier alpha value is -4.57. The fourth-order valence-corrected chi connectivity index (χ4v) is 3.31. The van der Waals surface area contributed by atoms with Crippen molar-refractivity contribution in [3.63, 3.8) is 0 Å². The lowest BCUT2D eigenvalue weighted by Gasteiger charge is -2.19. The summed E-state index contributed by atoms with van der Waals surface area (Å²) >= 11 is 0. The molecule has 0 atom stereocenters. The summed E-state index contributed by atoms with van der Waals surface area (Å²) in [5.41, 5.74) is 2.01. The van der Waals surface area contributed by atoms with Gasteiger partial charge >= 0.3 is 0 Å². The summed E-state index contributed by atoms with van der Waals surface area (Å²) in [7, 11) is 0. The average Bonchev–Trinajstić information content (AvgIpc) is 2.87. The second-order valence-electron chi connectivity index (χ2n) is 8.19. The van der Waals surface area contributed by atoms with Crippen LogP contribution in [0.15, 0.2) is 69.6 Å². The van der Waals surface area contributed by atoms with Gasteiger partial charge in [0.15, 0.2) is 34.5 Å². The zero-order valence-electron chi connectivity index (χ0n) is 20.1. The summed E-state index contributed by atoms with van der Waals surface area (Å²) in [5.74, 6) is -1.17. The smallest absolute Gasteiger partial charge is 0.158 e. The first-order chi connectivity index (χ1) is 17.8. The van der Waals surface area contributed by atoms with E-state index in [0.29, 0.717) is 56.0 Å². The number of aromatic hydroxyl groups is 6. The van der Waals surface area contributed by atoms with Crippen molar-refractivity contribution in [2.45, 2.75) is 0 Å². The molecule has 0 unspecified atom stereocenters. The van der Waals surface area contributed by atoms with Crippen LogP contribution in [0.5, 0.6) is 34.5 Å². The van der Waals surface area contributed by atoms with Crippen LogP contribution in [0.3, 0.4) is 0 Å². The van der Waals surface area contributed by atoms with Gasteiger partial charge in [-0.15, -0.1) is 0 Å². The summed E-state index contributed by atoms with van der Waals surface area (Å²) in [6, 6.07) is 13.5. The van der Waals surface area contributed by atoms with Gasteiger partial charge in [0.05, 0.1) is 19.6 Å². The molecule has 0 radical (unpaired) electrons. The molecule has 0 aliphatic heterocycles. The molecule has 0 saturated carbocycles. The van der Waals surface area contributed by atoms with Crippen LogP contribution in [0.4, 0.5) is 0 Å². The monoisotopic (exact) mass is 506 g/mol. The molecule has 194 valence electrons. The van der Waals surface area contributed by atoms with E-state index >= 15 is 0 Å². The molecule has 0 heterocycles. The highest BCUT2D eigenvalue weighted by atomic mass is 16.3. The average molecular weight is 507 g/mol. The summed E-state index contributed by atoms with van der Waals surface area (Å²) < 4.78 is 0. The zero-order chi connectivity index (χ0) is 26.6. The van der Waals surface area contributed by atoms with Gasteiger partial charge in [-0.25, -0.2) is 0 Å². The van der Waals surface area contributed by atoms with E-state index in [0.717, 1.165) is 0 Å². The number of rotatable bonds is 12. The van der Waals surface area contributed by atoms with Crippen molar-refractivity contribution >= 4 is 18.6 Å². The topological polar surface area (TPSA) is 162 Å². The van der Waals surface area contributed by atoms with Crippen molar-refractivity contribution in [3.05, 3.63) is 71.3 Å². The third-order valence-electron chi connectivity index (χ3n) is 5.36. The van der Waals surface area contributed by atoms with Gasteiger partial charge < -0.3 is 30.6 Å². The maximum atomic E-state index is 9.61. The molecule has 0 saturated heterocycles. The van der Waals surface area contributed by atoms with E-state index in [-0.39, 0.29) is 34.5 Å². The first kappa shape index (κ1) is 27.0. The molecular formula is C27H30N4O6. The Balaban J connectivity index is 1.55. The Kier molecular flexibility index (Phi) is 9.86. The Bertz CT molecular complexity index is 1120. The second-order valence-corrected chi connectivity index (χ2v) is 8.19. The van der Waals surface area contributed by atoms with E-state index in [1.807, 2.05) is 0 Å². The molecular weight excluding hydrogens is 476 g/mol. The molecule has 37 heavy (non-hydrogen) atoms. The van der Waals surface area contributed by atoms with Gasteiger partial charge in [-0.2, -0.15) is 0 Å². The van der Waals surface area contributed by atoms with Crippen LogP contribution in [-0.2, 0) is 0 Å². The molecule has 0 spiro atoms. The molecule has 3 rings (SSSR count). The van der Waals surface area contributed by atoms with Gasteiger partial charge in [0.25, 0.3) is 0 Å². The third-order valence-corrected chi connectivity index (χ3v) is 5.36. The molecule has 0 aliphatic rings. The number of hydrogen-bond donors (Lipinski definition) is 6. The van der Waals surface area contributed by atoms with Crippen LogP contribution in [0.25, 0.3) is 0 Å². The summed E-state index contributed by atoms with van der Waals surface area (Å²) in [4.78, 5) is 15.3. The number of hydrogen-bond acceptors (Lipinski definition) is 10.